The minimum atomic E-state index is -0.795. The Hall–Kier alpha value is -2.63. The quantitative estimate of drug-likeness (QED) is 0.857. The number of rotatable bonds is 5. The van der Waals surface area contributed by atoms with E-state index >= 15 is 0 Å². The van der Waals surface area contributed by atoms with Crippen molar-refractivity contribution in [2.45, 2.75) is 38.8 Å². The molecule has 1 saturated carbocycles. The number of aryl methyl sites for hydroxylation is 1. The molecule has 120 valence electrons. The Morgan fingerprint density at radius 3 is 2.52 bits per heavy atom. The molecule has 1 N–H and O–H groups in total. The van der Waals surface area contributed by atoms with Gasteiger partial charge < -0.3 is 10.1 Å². The van der Waals surface area contributed by atoms with Crippen molar-refractivity contribution in [2.24, 2.45) is 0 Å². The lowest BCUT2D eigenvalue weighted by Crippen LogP contribution is -2.37. The van der Waals surface area contributed by atoms with Crippen molar-refractivity contribution in [3.63, 3.8) is 0 Å². The van der Waals surface area contributed by atoms with Crippen LogP contribution in [0.2, 0.25) is 0 Å². The number of ether oxygens (including phenoxy) is 1. The van der Waals surface area contributed by atoms with Crippen molar-refractivity contribution in [3.8, 4) is 5.69 Å². The first-order valence-corrected chi connectivity index (χ1v) is 7.67. The Morgan fingerprint density at radius 2 is 1.96 bits per heavy atom. The van der Waals surface area contributed by atoms with Gasteiger partial charge in [-0.2, -0.15) is 5.10 Å². The van der Waals surface area contributed by atoms with Gasteiger partial charge in [-0.15, -0.1) is 0 Å². The normalized spacial score (nSPS) is 15.0. The molecule has 0 unspecified atom stereocenters. The third kappa shape index (κ3) is 3.59. The molecule has 0 aliphatic heterocycles. The molecular weight excluding hydrogens is 294 g/mol. The topological polar surface area (TPSA) is 73.2 Å². The number of nitrogens with one attached hydrogen (secondary N) is 1. The first kappa shape index (κ1) is 15.3. The third-order valence-electron chi connectivity index (χ3n) is 3.76. The summed E-state index contributed by atoms with van der Waals surface area (Å²) in [6.07, 6.45) is 2.93. The van der Waals surface area contributed by atoms with Crippen LogP contribution in [0.25, 0.3) is 5.69 Å². The van der Waals surface area contributed by atoms with Crippen molar-refractivity contribution in [3.05, 3.63) is 47.8 Å². The highest BCUT2D eigenvalue weighted by molar-refractivity contribution is 5.92. The van der Waals surface area contributed by atoms with Gasteiger partial charge >= 0.3 is 5.97 Å². The standard InChI is InChI=1S/C17H19N3O3/c1-11-9-10-18-20(11)15-7-3-13(4-8-15)17(22)23-12(2)16(21)19-14-5-6-14/h3-4,7-10,12,14H,5-6H2,1-2H3,(H,19,21)/t12-/m1/s1. The summed E-state index contributed by atoms with van der Waals surface area (Å²) in [7, 11) is 0. The minimum absolute atomic E-state index is 0.246. The molecular formula is C17H19N3O3. The van der Waals surface area contributed by atoms with Gasteiger partial charge in [-0.1, -0.05) is 0 Å². The van der Waals surface area contributed by atoms with Crippen molar-refractivity contribution < 1.29 is 14.3 Å². The Labute approximate surface area is 134 Å². The molecule has 1 aliphatic carbocycles. The van der Waals surface area contributed by atoms with E-state index in [0.717, 1.165) is 24.2 Å². The van der Waals surface area contributed by atoms with E-state index < -0.39 is 12.1 Å². The molecule has 1 atom stereocenters. The first-order valence-electron chi connectivity index (χ1n) is 7.67. The van der Waals surface area contributed by atoms with Gasteiger partial charge in [0.15, 0.2) is 6.10 Å². The van der Waals surface area contributed by atoms with E-state index in [4.69, 9.17) is 4.74 Å². The number of amides is 1. The highest BCUT2D eigenvalue weighted by atomic mass is 16.5. The maximum absolute atomic E-state index is 12.1. The summed E-state index contributed by atoms with van der Waals surface area (Å²) < 4.78 is 6.99. The SMILES string of the molecule is Cc1ccnn1-c1ccc(C(=O)O[C@H](C)C(=O)NC2CC2)cc1. The molecule has 6 heteroatoms. The van der Waals surface area contributed by atoms with E-state index in [-0.39, 0.29) is 11.9 Å². The smallest absolute Gasteiger partial charge is 0.338 e. The lowest BCUT2D eigenvalue weighted by Gasteiger charge is -2.13. The first-order chi connectivity index (χ1) is 11.0. The van der Waals surface area contributed by atoms with Crippen molar-refractivity contribution in [2.75, 3.05) is 0 Å². The summed E-state index contributed by atoms with van der Waals surface area (Å²) in [5, 5.41) is 7.03. The number of benzene rings is 1. The van der Waals surface area contributed by atoms with Gasteiger partial charge in [0.2, 0.25) is 0 Å². The number of hydrogen-bond acceptors (Lipinski definition) is 4. The molecule has 1 aromatic heterocycles. The zero-order valence-corrected chi connectivity index (χ0v) is 13.2. The van der Waals surface area contributed by atoms with Crippen LogP contribution in [-0.2, 0) is 9.53 Å². The number of nitrogens with zero attached hydrogens (tertiary/aromatic N) is 2. The second-order valence-corrected chi connectivity index (χ2v) is 5.76. The number of carbonyl (C=O) groups excluding carboxylic acids is 2. The van der Waals surface area contributed by atoms with Crippen molar-refractivity contribution in [1.29, 1.82) is 0 Å². The summed E-state index contributed by atoms with van der Waals surface area (Å²) >= 11 is 0. The van der Waals surface area contributed by atoms with Crippen LogP contribution in [0.3, 0.4) is 0 Å². The van der Waals surface area contributed by atoms with Gasteiger partial charge in [0.25, 0.3) is 5.91 Å². The monoisotopic (exact) mass is 313 g/mol. The van der Waals surface area contributed by atoms with E-state index in [2.05, 4.69) is 10.4 Å². The average molecular weight is 313 g/mol. The van der Waals surface area contributed by atoms with Crippen LogP contribution >= 0.6 is 0 Å². The van der Waals surface area contributed by atoms with Gasteiger partial charge in [-0.25, -0.2) is 9.48 Å². The average Bonchev–Trinajstić information content (AvgIpc) is 3.25. The highest BCUT2D eigenvalue weighted by Crippen LogP contribution is 2.19. The number of aromatic nitrogens is 2. The molecule has 2 aromatic rings. The number of hydrogen-bond donors (Lipinski definition) is 1. The minimum Gasteiger partial charge on any atom is -0.449 e. The molecule has 0 radical (unpaired) electrons. The van der Waals surface area contributed by atoms with E-state index in [1.807, 2.05) is 13.0 Å². The molecule has 0 spiro atoms. The molecule has 6 nitrogen and oxygen atoms in total. The zero-order chi connectivity index (χ0) is 16.4. The van der Waals surface area contributed by atoms with E-state index in [1.54, 1.807) is 42.1 Å². The van der Waals surface area contributed by atoms with Gasteiger partial charge in [0, 0.05) is 17.9 Å². The lowest BCUT2D eigenvalue weighted by atomic mass is 10.2. The van der Waals surface area contributed by atoms with Crippen LogP contribution in [0.1, 0.15) is 35.8 Å². The summed E-state index contributed by atoms with van der Waals surface area (Å²) in [5.41, 5.74) is 2.28. The van der Waals surface area contributed by atoms with Crippen LogP contribution < -0.4 is 5.32 Å². The summed E-state index contributed by atoms with van der Waals surface area (Å²) in [6, 6.07) is 9.09. The van der Waals surface area contributed by atoms with Gasteiger partial charge in [0.05, 0.1) is 11.3 Å². The largest absolute Gasteiger partial charge is 0.449 e. The van der Waals surface area contributed by atoms with E-state index in [9.17, 15) is 9.59 Å². The zero-order valence-electron chi connectivity index (χ0n) is 13.2. The second kappa shape index (κ2) is 6.24. The fraction of sp³-hybridized carbons (Fsp3) is 0.353. The van der Waals surface area contributed by atoms with E-state index in [1.165, 1.54) is 0 Å². The van der Waals surface area contributed by atoms with Gasteiger partial charge in [0.1, 0.15) is 0 Å². The Morgan fingerprint density at radius 1 is 1.26 bits per heavy atom. The van der Waals surface area contributed by atoms with Crippen LogP contribution in [-0.4, -0.2) is 33.8 Å². The predicted octanol–water partition coefficient (Wildman–Crippen LogP) is 2.00. The predicted molar refractivity (Wildman–Crippen MR) is 84.3 cm³/mol. The molecule has 1 amide bonds. The van der Waals surface area contributed by atoms with Crippen LogP contribution in [0.5, 0.6) is 0 Å². The Kier molecular flexibility index (Phi) is 4.14. The van der Waals surface area contributed by atoms with Crippen LogP contribution in [0.15, 0.2) is 36.5 Å². The molecule has 3 rings (SSSR count). The van der Waals surface area contributed by atoms with E-state index in [0.29, 0.717) is 5.56 Å². The van der Waals surface area contributed by atoms with Crippen molar-refractivity contribution >= 4 is 11.9 Å². The molecule has 0 saturated heterocycles. The maximum atomic E-state index is 12.1. The highest BCUT2D eigenvalue weighted by Gasteiger charge is 2.27. The molecule has 1 aliphatic rings. The number of carbonyl (C=O) groups is 2. The van der Waals surface area contributed by atoms with Crippen LogP contribution in [0.4, 0.5) is 0 Å². The fourth-order valence-electron chi connectivity index (χ4n) is 2.21. The summed E-state index contributed by atoms with van der Waals surface area (Å²) in [6.45, 7) is 3.53. The molecule has 1 heterocycles. The Balaban J connectivity index is 1.63. The lowest BCUT2D eigenvalue weighted by molar-refractivity contribution is -0.129. The van der Waals surface area contributed by atoms with Gasteiger partial charge in [-0.3, -0.25) is 4.79 Å². The maximum Gasteiger partial charge on any atom is 0.338 e. The second-order valence-electron chi connectivity index (χ2n) is 5.76. The third-order valence-corrected chi connectivity index (χ3v) is 3.76. The molecule has 1 fully saturated rings. The van der Waals surface area contributed by atoms with Crippen LogP contribution in [0, 0.1) is 6.92 Å². The van der Waals surface area contributed by atoms with Gasteiger partial charge in [-0.05, 0) is 57.0 Å². The molecule has 23 heavy (non-hydrogen) atoms. The summed E-state index contributed by atoms with van der Waals surface area (Å²) in [5.74, 6) is -0.753. The number of esters is 1. The fourth-order valence-corrected chi connectivity index (χ4v) is 2.21. The summed E-state index contributed by atoms with van der Waals surface area (Å²) in [4.78, 5) is 23.9. The Bertz CT molecular complexity index is 717. The van der Waals surface area contributed by atoms with Crippen molar-refractivity contribution in [1.82, 2.24) is 15.1 Å². The molecule has 0 bridgehead atoms. The molecule has 1 aromatic carbocycles.